The molecule has 0 spiro atoms. The summed E-state index contributed by atoms with van der Waals surface area (Å²) in [6, 6.07) is 0. The van der Waals surface area contributed by atoms with Gasteiger partial charge in [0.15, 0.2) is 0 Å². The second kappa shape index (κ2) is 5.48. The summed E-state index contributed by atoms with van der Waals surface area (Å²) in [6.07, 6.45) is 5.47. The van der Waals surface area contributed by atoms with Crippen LogP contribution in [-0.4, -0.2) is 49.3 Å². The lowest BCUT2D eigenvalue weighted by atomic mass is 9.90. The fourth-order valence-electron chi connectivity index (χ4n) is 3.00. The molecule has 94 valence electrons. The van der Waals surface area contributed by atoms with Gasteiger partial charge in [0.25, 0.3) is 0 Å². The lowest BCUT2D eigenvalue weighted by molar-refractivity contribution is 0.0450. The Hall–Kier alpha value is -0.120. The van der Waals surface area contributed by atoms with Gasteiger partial charge in [-0.15, -0.1) is 0 Å². The average molecular weight is 226 g/mol. The molecule has 1 atom stereocenters. The van der Waals surface area contributed by atoms with Crippen molar-refractivity contribution in [2.24, 2.45) is 0 Å². The van der Waals surface area contributed by atoms with Crippen LogP contribution >= 0.6 is 0 Å². The van der Waals surface area contributed by atoms with Gasteiger partial charge in [0.05, 0.1) is 6.10 Å². The first-order valence-corrected chi connectivity index (χ1v) is 6.87. The van der Waals surface area contributed by atoms with E-state index in [1.165, 1.54) is 38.8 Å². The lowest BCUT2D eigenvalue weighted by Gasteiger charge is -2.43. The summed E-state index contributed by atoms with van der Waals surface area (Å²) in [5.74, 6) is 0. The molecule has 2 fully saturated rings. The third-order valence-electron chi connectivity index (χ3n) is 4.29. The number of nitrogens with zero attached hydrogens (tertiary/aromatic N) is 1. The molecule has 0 aromatic heterocycles. The lowest BCUT2D eigenvalue weighted by Crippen LogP contribution is -2.60. The quantitative estimate of drug-likeness (QED) is 0.788. The summed E-state index contributed by atoms with van der Waals surface area (Å²) in [6.45, 7) is 10.2. The normalized spacial score (nSPS) is 30.8. The predicted octanol–water partition coefficient (Wildman–Crippen LogP) is 1.63. The van der Waals surface area contributed by atoms with Gasteiger partial charge in [-0.25, -0.2) is 0 Å². The highest BCUT2D eigenvalue weighted by Crippen LogP contribution is 2.21. The maximum atomic E-state index is 5.73. The van der Waals surface area contributed by atoms with Crippen LogP contribution in [0.4, 0.5) is 0 Å². The van der Waals surface area contributed by atoms with Crippen LogP contribution in [0, 0.1) is 0 Å². The van der Waals surface area contributed by atoms with E-state index in [0.29, 0.717) is 11.6 Å². The van der Waals surface area contributed by atoms with Crippen molar-refractivity contribution in [3.63, 3.8) is 0 Å². The highest BCUT2D eigenvalue weighted by molar-refractivity contribution is 4.93. The van der Waals surface area contributed by atoms with E-state index in [0.717, 1.165) is 19.7 Å². The molecule has 3 heteroatoms. The van der Waals surface area contributed by atoms with E-state index in [-0.39, 0.29) is 0 Å². The summed E-state index contributed by atoms with van der Waals surface area (Å²) >= 11 is 0. The summed E-state index contributed by atoms with van der Waals surface area (Å²) in [5, 5.41) is 3.70. The van der Waals surface area contributed by atoms with E-state index in [1.54, 1.807) is 0 Å². The van der Waals surface area contributed by atoms with Crippen LogP contribution < -0.4 is 5.32 Å². The highest BCUT2D eigenvalue weighted by Gasteiger charge is 2.32. The largest absolute Gasteiger partial charge is 0.377 e. The Bertz CT molecular complexity index is 210. The smallest absolute Gasteiger partial charge is 0.0702 e. The van der Waals surface area contributed by atoms with Crippen LogP contribution in [0.2, 0.25) is 0 Å². The summed E-state index contributed by atoms with van der Waals surface area (Å²) < 4.78 is 5.73. The number of hydrogen-bond acceptors (Lipinski definition) is 3. The van der Waals surface area contributed by atoms with Gasteiger partial charge in [0, 0.05) is 38.3 Å². The fraction of sp³-hybridized carbons (Fsp3) is 1.00. The van der Waals surface area contributed by atoms with Gasteiger partial charge in [-0.3, -0.25) is 4.90 Å². The Labute approximate surface area is 99.5 Å². The molecule has 0 aromatic rings. The van der Waals surface area contributed by atoms with E-state index in [4.69, 9.17) is 4.74 Å². The van der Waals surface area contributed by atoms with Gasteiger partial charge >= 0.3 is 0 Å². The average Bonchev–Trinajstić information content (AvgIpc) is 2.82. The maximum absolute atomic E-state index is 5.73. The second-order valence-electron chi connectivity index (χ2n) is 5.28. The minimum Gasteiger partial charge on any atom is -0.377 e. The molecule has 2 aliphatic heterocycles. The van der Waals surface area contributed by atoms with E-state index >= 15 is 0 Å². The zero-order valence-electron chi connectivity index (χ0n) is 10.8. The topological polar surface area (TPSA) is 24.5 Å². The van der Waals surface area contributed by atoms with Crippen LogP contribution in [-0.2, 0) is 4.74 Å². The first kappa shape index (κ1) is 12.3. The van der Waals surface area contributed by atoms with E-state index in [1.807, 2.05) is 0 Å². The van der Waals surface area contributed by atoms with Crippen molar-refractivity contribution in [2.75, 3.05) is 32.8 Å². The van der Waals surface area contributed by atoms with E-state index in [2.05, 4.69) is 24.1 Å². The van der Waals surface area contributed by atoms with Gasteiger partial charge < -0.3 is 10.1 Å². The fourth-order valence-corrected chi connectivity index (χ4v) is 3.00. The molecule has 0 aromatic carbocycles. The minimum absolute atomic E-state index is 0.358. The minimum atomic E-state index is 0.358. The molecular formula is C13H26N2O. The zero-order chi connectivity index (χ0) is 11.4. The molecule has 2 saturated heterocycles. The zero-order valence-corrected chi connectivity index (χ0v) is 10.8. The molecule has 2 rings (SSSR count). The molecule has 3 nitrogen and oxygen atoms in total. The van der Waals surface area contributed by atoms with Crippen LogP contribution in [0.25, 0.3) is 0 Å². The first-order chi connectivity index (χ1) is 7.78. The van der Waals surface area contributed by atoms with Crippen molar-refractivity contribution < 1.29 is 4.74 Å². The van der Waals surface area contributed by atoms with E-state index < -0.39 is 0 Å². The third kappa shape index (κ3) is 2.76. The van der Waals surface area contributed by atoms with Crippen molar-refractivity contribution in [1.82, 2.24) is 10.2 Å². The Morgan fingerprint density at radius 1 is 1.38 bits per heavy atom. The monoisotopic (exact) mass is 226 g/mol. The van der Waals surface area contributed by atoms with Gasteiger partial charge in [-0.2, -0.15) is 0 Å². The molecule has 1 unspecified atom stereocenters. The molecule has 16 heavy (non-hydrogen) atoms. The number of rotatable bonds is 4. The van der Waals surface area contributed by atoms with Gasteiger partial charge in [0.2, 0.25) is 0 Å². The van der Waals surface area contributed by atoms with Crippen molar-refractivity contribution >= 4 is 0 Å². The summed E-state index contributed by atoms with van der Waals surface area (Å²) in [7, 11) is 0. The molecular weight excluding hydrogens is 200 g/mol. The SMILES string of the molecule is CCC1(CC)CN(CC2CCCO2)CCN1. The van der Waals surface area contributed by atoms with Crippen LogP contribution in [0.5, 0.6) is 0 Å². The van der Waals surface area contributed by atoms with Crippen molar-refractivity contribution in [3.8, 4) is 0 Å². The molecule has 0 amide bonds. The Balaban J connectivity index is 1.85. The number of hydrogen-bond donors (Lipinski definition) is 1. The van der Waals surface area contributed by atoms with Crippen LogP contribution in [0.3, 0.4) is 0 Å². The number of ether oxygens (including phenoxy) is 1. The molecule has 1 N–H and O–H groups in total. The number of piperazine rings is 1. The van der Waals surface area contributed by atoms with Crippen LogP contribution in [0.15, 0.2) is 0 Å². The van der Waals surface area contributed by atoms with Crippen molar-refractivity contribution in [3.05, 3.63) is 0 Å². The standard InChI is InChI=1S/C13H26N2O/c1-3-13(4-2)11-15(8-7-14-13)10-12-6-5-9-16-12/h12,14H,3-11H2,1-2H3. The van der Waals surface area contributed by atoms with Crippen LogP contribution in [0.1, 0.15) is 39.5 Å². The van der Waals surface area contributed by atoms with Gasteiger partial charge in [-0.1, -0.05) is 13.8 Å². The summed E-state index contributed by atoms with van der Waals surface area (Å²) in [5.41, 5.74) is 0.358. The summed E-state index contributed by atoms with van der Waals surface area (Å²) in [4.78, 5) is 2.60. The molecule has 2 heterocycles. The molecule has 0 aliphatic carbocycles. The third-order valence-corrected chi connectivity index (χ3v) is 4.29. The maximum Gasteiger partial charge on any atom is 0.0702 e. The molecule has 0 saturated carbocycles. The van der Waals surface area contributed by atoms with Crippen molar-refractivity contribution in [2.45, 2.75) is 51.2 Å². The highest BCUT2D eigenvalue weighted by atomic mass is 16.5. The Kier molecular flexibility index (Phi) is 4.22. The second-order valence-corrected chi connectivity index (χ2v) is 5.28. The van der Waals surface area contributed by atoms with E-state index in [9.17, 15) is 0 Å². The molecule has 0 radical (unpaired) electrons. The Morgan fingerprint density at radius 2 is 2.19 bits per heavy atom. The molecule has 2 aliphatic rings. The van der Waals surface area contributed by atoms with Crippen molar-refractivity contribution in [1.29, 1.82) is 0 Å². The molecule has 0 bridgehead atoms. The van der Waals surface area contributed by atoms with Gasteiger partial charge in [0.1, 0.15) is 0 Å². The predicted molar refractivity (Wildman–Crippen MR) is 66.7 cm³/mol. The van der Waals surface area contributed by atoms with Gasteiger partial charge in [-0.05, 0) is 25.7 Å². The Morgan fingerprint density at radius 3 is 2.81 bits per heavy atom. The first-order valence-electron chi connectivity index (χ1n) is 6.87. The number of nitrogens with one attached hydrogen (secondary N) is 1.